The van der Waals surface area contributed by atoms with Crippen LogP contribution in [0.25, 0.3) is 11.5 Å². The van der Waals surface area contributed by atoms with Gasteiger partial charge in [0.25, 0.3) is 5.89 Å². The van der Waals surface area contributed by atoms with Crippen molar-refractivity contribution in [3.05, 3.63) is 53.8 Å². The first kappa shape index (κ1) is 16.3. The Labute approximate surface area is 142 Å². The molecule has 0 saturated carbocycles. The summed E-state index contributed by atoms with van der Waals surface area (Å²) < 4.78 is 28.7. The van der Waals surface area contributed by atoms with Gasteiger partial charge in [-0.2, -0.15) is 4.98 Å². The summed E-state index contributed by atoms with van der Waals surface area (Å²) in [5, 5.41) is 4.45. The van der Waals surface area contributed by atoms with Gasteiger partial charge in [0.2, 0.25) is 5.16 Å². The number of rotatable bonds is 6. The molecule has 3 rings (SSSR count). The minimum atomic E-state index is -0.304. The van der Waals surface area contributed by atoms with E-state index < -0.39 is 0 Å². The highest BCUT2D eigenvalue weighted by Crippen LogP contribution is 2.30. The minimum absolute atomic E-state index is 0.304. The van der Waals surface area contributed by atoms with Crippen molar-refractivity contribution in [2.45, 2.75) is 10.9 Å². The van der Waals surface area contributed by atoms with E-state index in [2.05, 4.69) is 10.1 Å². The van der Waals surface area contributed by atoms with Crippen LogP contribution in [0.3, 0.4) is 0 Å². The van der Waals surface area contributed by atoms with Crippen molar-refractivity contribution < 1.29 is 18.4 Å². The van der Waals surface area contributed by atoms with Crippen LogP contribution in [0.4, 0.5) is 4.39 Å². The fourth-order valence-electron chi connectivity index (χ4n) is 2.10. The maximum atomic E-state index is 12.9. The fourth-order valence-corrected chi connectivity index (χ4v) is 2.81. The fraction of sp³-hybridized carbons (Fsp3) is 0.176. The standard InChI is InChI=1S/C17H15FN2O3S/c1-21-14-8-3-11(9-15(14)22-2)10-24-17-19-16(23-20-17)12-4-6-13(18)7-5-12/h3-9H,10H2,1-2H3. The third kappa shape index (κ3) is 3.68. The van der Waals surface area contributed by atoms with Crippen molar-refractivity contribution in [2.24, 2.45) is 0 Å². The Morgan fingerprint density at radius 3 is 2.50 bits per heavy atom. The second-order valence-electron chi connectivity index (χ2n) is 4.87. The normalized spacial score (nSPS) is 10.6. The molecule has 0 amide bonds. The lowest BCUT2D eigenvalue weighted by molar-refractivity contribution is 0.354. The van der Waals surface area contributed by atoms with Gasteiger partial charge in [0.05, 0.1) is 14.2 Å². The van der Waals surface area contributed by atoms with Gasteiger partial charge in [-0.05, 0) is 47.1 Å². The summed E-state index contributed by atoms with van der Waals surface area (Å²) in [5.41, 5.74) is 1.73. The molecular weight excluding hydrogens is 331 g/mol. The summed E-state index contributed by atoms with van der Waals surface area (Å²) in [5.74, 6) is 2.08. The van der Waals surface area contributed by atoms with E-state index in [0.29, 0.717) is 33.9 Å². The third-order valence-corrected chi connectivity index (χ3v) is 4.22. The van der Waals surface area contributed by atoms with E-state index in [9.17, 15) is 4.39 Å². The molecule has 0 saturated heterocycles. The van der Waals surface area contributed by atoms with Crippen LogP contribution < -0.4 is 9.47 Å². The number of ether oxygens (including phenoxy) is 2. The molecule has 0 bridgehead atoms. The zero-order valence-corrected chi connectivity index (χ0v) is 14.0. The quantitative estimate of drug-likeness (QED) is 0.624. The SMILES string of the molecule is COc1ccc(CSc2noc(-c3ccc(F)cc3)n2)cc1OC. The number of methoxy groups -OCH3 is 2. The lowest BCUT2D eigenvalue weighted by atomic mass is 10.2. The highest BCUT2D eigenvalue weighted by Gasteiger charge is 2.11. The van der Waals surface area contributed by atoms with Crippen LogP contribution in [0.2, 0.25) is 0 Å². The van der Waals surface area contributed by atoms with Crippen LogP contribution in [0.1, 0.15) is 5.56 Å². The molecule has 0 fully saturated rings. The van der Waals surface area contributed by atoms with Crippen LogP contribution in [0.5, 0.6) is 11.5 Å². The molecule has 1 aromatic heterocycles. The van der Waals surface area contributed by atoms with Crippen molar-refractivity contribution in [3.63, 3.8) is 0 Å². The molecule has 7 heteroatoms. The first-order valence-corrected chi connectivity index (χ1v) is 8.11. The van der Waals surface area contributed by atoms with E-state index >= 15 is 0 Å². The zero-order valence-electron chi connectivity index (χ0n) is 13.2. The summed E-state index contributed by atoms with van der Waals surface area (Å²) in [4.78, 5) is 4.31. The molecule has 0 atom stereocenters. The van der Waals surface area contributed by atoms with Gasteiger partial charge in [0.1, 0.15) is 5.82 Å². The highest BCUT2D eigenvalue weighted by molar-refractivity contribution is 7.98. The van der Waals surface area contributed by atoms with E-state index in [0.717, 1.165) is 5.56 Å². The zero-order chi connectivity index (χ0) is 16.9. The molecule has 124 valence electrons. The number of benzene rings is 2. The van der Waals surface area contributed by atoms with Crippen molar-refractivity contribution in [1.82, 2.24) is 10.1 Å². The largest absolute Gasteiger partial charge is 0.493 e. The lowest BCUT2D eigenvalue weighted by Gasteiger charge is -2.08. The van der Waals surface area contributed by atoms with E-state index in [1.165, 1.54) is 23.9 Å². The maximum Gasteiger partial charge on any atom is 0.258 e. The number of nitrogens with zero attached hydrogens (tertiary/aromatic N) is 2. The van der Waals surface area contributed by atoms with Gasteiger partial charge >= 0.3 is 0 Å². The van der Waals surface area contributed by atoms with Crippen molar-refractivity contribution in [3.8, 4) is 23.0 Å². The second kappa shape index (κ2) is 7.35. The van der Waals surface area contributed by atoms with Gasteiger partial charge in [-0.1, -0.05) is 17.8 Å². The Morgan fingerprint density at radius 2 is 1.79 bits per heavy atom. The van der Waals surface area contributed by atoms with Gasteiger partial charge < -0.3 is 14.0 Å². The van der Waals surface area contributed by atoms with Crippen LogP contribution >= 0.6 is 11.8 Å². The molecule has 2 aromatic carbocycles. The molecule has 5 nitrogen and oxygen atoms in total. The van der Waals surface area contributed by atoms with E-state index in [1.54, 1.807) is 26.4 Å². The predicted octanol–water partition coefficient (Wildman–Crippen LogP) is 4.19. The minimum Gasteiger partial charge on any atom is -0.493 e. The molecular formula is C17H15FN2O3S. The maximum absolute atomic E-state index is 12.9. The molecule has 0 radical (unpaired) electrons. The first-order valence-electron chi connectivity index (χ1n) is 7.13. The summed E-state index contributed by atoms with van der Waals surface area (Å²) in [6.07, 6.45) is 0. The Hall–Kier alpha value is -2.54. The Kier molecular flexibility index (Phi) is 5.00. The summed E-state index contributed by atoms with van der Waals surface area (Å²) in [7, 11) is 3.20. The molecule has 1 heterocycles. The second-order valence-corrected chi connectivity index (χ2v) is 5.81. The summed E-state index contributed by atoms with van der Waals surface area (Å²) in [6.45, 7) is 0. The topological polar surface area (TPSA) is 57.4 Å². The number of aromatic nitrogens is 2. The summed E-state index contributed by atoms with van der Waals surface area (Å²) >= 11 is 1.44. The third-order valence-electron chi connectivity index (χ3n) is 3.31. The van der Waals surface area contributed by atoms with Gasteiger partial charge in [-0.3, -0.25) is 0 Å². The average molecular weight is 346 g/mol. The predicted molar refractivity (Wildman–Crippen MR) is 88.8 cm³/mol. The molecule has 0 unspecified atom stereocenters. The molecule has 0 aliphatic carbocycles. The van der Waals surface area contributed by atoms with Gasteiger partial charge in [-0.15, -0.1) is 0 Å². The molecule has 0 spiro atoms. The van der Waals surface area contributed by atoms with Crippen LogP contribution in [-0.4, -0.2) is 24.4 Å². The Bertz CT molecular complexity index is 821. The number of hydrogen-bond donors (Lipinski definition) is 0. The smallest absolute Gasteiger partial charge is 0.258 e. The van der Waals surface area contributed by atoms with Gasteiger partial charge in [0, 0.05) is 11.3 Å². The van der Waals surface area contributed by atoms with Crippen LogP contribution in [0.15, 0.2) is 52.1 Å². The monoisotopic (exact) mass is 346 g/mol. The van der Waals surface area contributed by atoms with Gasteiger partial charge in [0.15, 0.2) is 11.5 Å². The lowest BCUT2D eigenvalue weighted by Crippen LogP contribution is -1.92. The van der Waals surface area contributed by atoms with Crippen LogP contribution in [0, 0.1) is 5.82 Å². The van der Waals surface area contributed by atoms with Crippen molar-refractivity contribution >= 4 is 11.8 Å². The average Bonchev–Trinajstić information content (AvgIpc) is 3.09. The first-order chi connectivity index (χ1) is 11.7. The van der Waals surface area contributed by atoms with E-state index in [-0.39, 0.29) is 5.82 Å². The van der Waals surface area contributed by atoms with Gasteiger partial charge in [-0.25, -0.2) is 4.39 Å². The Balaban J connectivity index is 1.68. The molecule has 0 aliphatic heterocycles. The number of thioether (sulfide) groups is 1. The molecule has 3 aromatic rings. The number of halogens is 1. The summed E-state index contributed by atoms with van der Waals surface area (Å²) in [6, 6.07) is 11.6. The molecule has 0 N–H and O–H groups in total. The van der Waals surface area contributed by atoms with Crippen molar-refractivity contribution in [1.29, 1.82) is 0 Å². The van der Waals surface area contributed by atoms with E-state index in [1.807, 2.05) is 18.2 Å². The Morgan fingerprint density at radius 1 is 1.04 bits per heavy atom. The number of hydrogen-bond acceptors (Lipinski definition) is 6. The van der Waals surface area contributed by atoms with Crippen molar-refractivity contribution in [2.75, 3.05) is 14.2 Å². The molecule has 24 heavy (non-hydrogen) atoms. The van der Waals surface area contributed by atoms with E-state index in [4.69, 9.17) is 14.0 Å². The molecule has 0 aliphatic rings. The van der Waals surface area contributed by atoms with Crippen LogP contribution in [-0.2, 0) is 5.75 Å². The highest BCUT2D eigenvalue weighted by atomic mass is 32.2.